The lowest BCUT2D eigenvalue weighted by Crippen LogP contribution is -2.15. The number of para-hydroxylation sites is 1. The maximum Gasteiger partial charge on any atom is 0.335 e. The summed E-state index contributed by atoms with van der Waals surface area (Å²) >= 11 is 0. The van der Waals surface area contributed by atoms with Gasteiger partial charge in [-0.15, -0.1) is 0 Å². The van der Waals surface area contributed by atoms with Gasteiger partial charge in [0.25, 0.3) is 0 Å². The van der Waals surface area contributed by atoms with Gasteiger partial charge in [-0.3, -0.25) is 0 Å². The van der Waals surface area contributed by atoms with E-state index in [9.17, 15) is 4.79 Å². The minimum atomic E-state index is -0.901. The van der Waals surface area contributed by atoms with Gasteiger partial charge in [-0.25, -0.2) is 4.79 Å². The van der Waals surface area contributed by atoms with Crippen LogP contribution in [0.2, 0.25) is 0 Å². The topological polar surface area (TPSA) is 46.5 Å². The van der Waals surface area contributed by atoms with Crippen LogP contribution in [0.5, 0.6) is 5.75 Å². The first-order valence-electron chi connectivity index (χ1n) is 6.32. The molecule has 1 N–H and O–H groups in total. The summed E-state index contributed by atoms with van der Waals surface area (Å²) in [6.07, 6.45) is 1.92. The van der Waals surface area contributed by atoms with Crippen molar-refractivity contribution in [3.05, 3.63) is 65.2 Å². The second kappa shape index (κ2) is 4.76. The number of aromatic carboxylic acids is 1. The van der Waals surface area contributed by atoms with Crippen LogP contribution in [0.4, 0.5) is 0 Å². The highest BCUT2D eigenvalue weighted by Crippen LogP contribution is 2.34. The number of hydrogen-bond donors (Lipinski definition) is 1. The van der Waals surface area contributed by atoms with E-state index >= 15 is 0 Å². The molecule has 3 rings (SSSR count). The van der Waals surface area contributed by atoms with Gasteiger partial charge in [-0.2, -0.15) is 0 Å². The molecule has 0 saturated carbocycles. The predicted octanol–water partition coefficient (Wildman–Crippen LogP) is 3.45. The molecule has 0 aliphatic carbocycles. The van der Waals surface area contributed by atoms with Crippen molar-refractivity contribution in [1.82, 2.24) is 0 Å². The second-order valence-electron chi connectivity index (χ2n) is 4.68. The molecular formula is C16H14O3. The summed E-state index contributed by atoms with van der Waals surface area (Å²) in [6, 6.07) is 15.0. The number of ether oxygens (including phenoxy) is 1. The Hall–Kier alpha value is -2.29. The normalized spacial score (nSPS) is 17.4. The van der Waals surface area contributed by atoms with Crippen LogP contribution in [-0.4, -0.2) is 11.1 Å². The van der Waals surface area contributed by atoms with Gasteiger partial charge in [0.2, 0.25) is 0 Å². The van der Waals surface area contributed by atoms with E-state index in [1.165, 1.54) is 5.56 Å². The number of fused-ring (bicyclic) bond motifs is 1. The fraction of sp³-hybridized carbons (Fsp3) is 0.188. The molecular weight excluding hydrogens is 240 g/mol. The van der Waals surface area contributed by atoms with E-state index in [1.54, 1.807) is 12.1 Å². The van der Waals surface area contributed by atoms with Gasteiger partial charge in [0.15, 0.2) is 0 Å². The zero-order valence-electron chi connectivity index (χ0n) is 10.4. The maximum absolute atomic E-state index is 10.8. The first kappa shape index (κ1) is 11.8. The summed E-state index contributed by atoms with van der Waals surface area (Å²) in [5.74, 6) is 0.0301. The van der Waals surface area contributed by atoms with Gasteiger partial charge in [0.05, 0.1) is 5.56 Å². The van der Waals surface area contributed by atoms with Crippen molar-refractivity contribution in [3.63, 3.8) is 0 Å². The lowest BCUT2D eigenvalue weighted by atomic mass is 9.97. The van der Waals surface area contributed by atoms with E-state index in [0.29, 0.717) is 5.56 Å². The van der Waals surface area contributed by atoms with Crippen LogP contribution in [0, 0.1) is 0 Å². The molecule has 0 fully saturated rings. The molecule has 0 amide bonds. The van der Waals surface area contributed by atoms with Gasteiger partial charge in [-0.1, -0.05) is 30.3 Å². The molecule has 1 aliphatic heterocycles. The van der Waals surface area contributed by atoms with Crippen molar-refractivity contribution in [2.45, 2.75) is 18.9 Å². The molecule has 1 unspecified atom stereocenters. The highest BCUT2D eigenvalue weighted by Gasteiger charge is 2.20. The Morgan fingerprint density at radius 2 is 1.84 bits per heavy atom. The molecule has 1 aliphatic rings. The molecule has 19 heavy (non-hydrogen) atoms. The number of aryl methyl sites for hydroxylation is 1. The first-order chi connectivity index (χ1) is 9.24. The molecule has 0 bridgehead atoms. The number of carboxylic acids is 1. The quantitative estimate of drug-likeness (QED) is 0.892. The molecule has 3 nitrogen and oxygen atoms in total. The van der Waals surface area contributed by atoms with Crippen LogP contribution in [0.3, 0.4) is 0 Å². The minimum absolute atomic E-state index is 0.0118. The Labute approximate surface area is 111 Å². The van der Waals surface area contributed by atoms with Crippen LogP contribution >= 0.6 is 0 Å². The summed E-state index contributed by atoms with van der Waals surface area (Å²) in [7, 11) is 0. The van der Waals surface area contributed by atoms with Crippen molar-refractivity contribution in [1.29, 1.82) is 0 Å². The zero-order valence-corrected chi connectivity index (χ0v) is 10.4. The highest BCUT2D eigenvalue weighted by atomic mass is 16.5. The summed E-state index contributed by atoms with van der Waals surface area (Å²) in [6.45, 7) is 0. The van der Waals surface area contributed by atoms with Crippen molar-refractivity contribution in [2.24, 2.45) is 0 Å². The standard InChI is InChI=1S/C16H14O3/c17-16(18)13-7-5-12(6-8-13)15-10-9-11-3-1-2-4-14(11)19-15/h1-8,15H,9-10H2,(H,17,18). The Bertz CT molecular complexity index is 602. The zero-order chi connectivity index (χ0) is 13.2. The average molecular weight is 254 g/mol. The van der Waals surface area contributed by atoms with Crippen LogP contribution in [0.15, 0.2) is 48.5 Å². The van der Waals surface area contributed by atoms with Gasteiger partial charge in [0, 0.05) is 0 Å². The van der Waals surface area contributed by atoms with Crippen LogP contribution < -0.4 is 4.74 Å². The predicted molar refractivity (Wildman–Crippen MR) is 71.5 cm³/mol. The van der Waals surface area contributed by atoms with Crippen LogP contribution in [-0.2, 0) is 6.42 Å². The lowest BCUT2D eigenvalue weighted by Gasteiger charge is -2.26. The van der Waals surface area contributed by atoms with Crippen molar-refractivity contribution in [3.8, 4) is 5.75 Å². The maximum atomic E-state index is 10.8. The molecule has 1 atom stereocenters. The molecule has 0 aromatic heterocycles. The van der Waals surface area contributed by atoms with E-state index in [2.05, 4.69) is 6.07 Å². The molecule has 1 heterocycles. The van der Waals surface area contributed by atoms with Gasteiger partial charge in [-0.05, 0) is 42.2 Å². The Kier molecular flexibility index (Phi) is 2.95. The SMILES string of the molecule is O=C(O)c1ccc(C2CCc3ccccc3O2)cc1. The number of benzene rings is 2. The summed E-state index contributed by atoms with van der Waals surface area (Å²) in [5, 5.41) is 8.88. The van der Waals surface area contributed by atoms with E-state index in [-0.39, 0.29) is 6.10 Å². The summed E-state index contributed by atoms with van der Waals surface area (Å²) < 4.78 is 5.97. The lowest BCUT2D eigenvalue weighted by molar-refractivity contribution is 0.0696. The minimum Gasteiger partial charge on any atom is -0.485 e. The number of carboxylic acid groups (broad SMARTS) is 1. The number of rotatable bonds is 2. The Morgan fingerprint density at radius 3 is 2.58 bits per heavy atom. The third kappa shape index (κ3) is 2.32. The highest BCUT2D eigenvalue weighted by molar-refractivity contribution is 5.87. The smallest absolute Gasteiger partial charge is 0.335 e. The molecule has 2 aromatic carbocycles. The van der Waals surface area contributed by atoms with Crippen LogP contribution in [0.1, 0.15) is 34.0 Å². The van der Waals surface area contributed by atoms with Gasteiger partial charge >= 0.3 is 5.97 Å². The Morgan fingerprint density at radius 1 is 1.11 bits per heavy atom. The van der Waals surface area contributed by atoms with E-state index in [4.69, 9.17) is 9.84 Å². The monoisotopic (exact) mass is 254 g/mol. The fourth-order valence-electron chi connectivity index (χ4n) is 2.40. The van der Waals surface area contributed by atoms with E-state index in [1.807, 2.05) is 30.3 Å². The summed E-state index contributed by atoms with van der Waals surface area (Å²) in [5.41, 5.74) is 2.57. The molecule has 0 spiro atoms. The average Bonchev–Trinajstić information content (AvgIpc) is 2.47. The van der Waals surface area contributed by atoms with Crippen molar-refractivity contribution in [2.75, 3.05) is 0 Å². The third-order valence-electron chi connectivity index (χ3n) is 3.45. The largest absolute Gasteiger partial charge is 0.485 e. The second-order valence-corrected chi connectivity index (χ2v) is 4.68. The molecule has 3 heteroatoms. The molecule has 2 aromatic rings. The fourth-order valence-corrected chi connectivity index (χ4v) is 2.40. The third-order valence-corrected chi connectivity index (χ3v) is 3.45. The molecule has 0 radical (unpaired) electrons. The van der Waals surface area contributed by atoms with Gasteiger partial charge in [0.1, 0.15) is 11.9 Å². The number of hydrogen-bond acceptors (Lipinski definition) is 2. The Balaban J connectivity index is 1.83. The first-order valence-corrected chi connectivity index (χ1v) is 6.32. The number of carbonyl (C=O) groups is 1. The molecule has 0 saturated heterocycles. The summed E-state index contributed by atoms with van der Waals surface area (Å²) in [4.78, 5) is 10.8. The molecule has 96 valence electrons. The van der Waals surface area contributed by atoms with Crippen LogP contribution in [0.25, 0.3) is 0 Å². The van der Waals surface area contributed by atoms with E-state index < -0.39 is 5.97 Å². The van der Waals surface area contributed by atoms with Crippen molar-refractivity contribution < 1.29 is 14.6 Å². The van der Waals surface area contributed by atoms with Crippen molar-refractivity contribution >= 4 is 5.97 Å². The van der Waals surface area contributed by atoms with Gasteiger partial charge < -0.3 is 9.84 Å². The van der Waals surface area contributed by atoms with E-state index in [0.717, 1.165) is 24.2 Å².